The molecule has 0 aliphatic heterocycles. The van der Waals surface area contributed by atoms with E-state index in [1.807, 2.05) is 19.1 Å². The standard InChI is InChI=1S/C11H10N4S/c1-2-13-11-14-6-5-9(15-11)10-4-3-8(7-12)16-10/h3-6H,2H2,1H3,(H,13,14,15). The van der Waals surface area contributed by atoms with Gasteiger partial charge in [-0.1, -0.05) is 0 Å². The highest BCUT2D eigenvalue weighted by molar-refractivity contribution is 7.15. The Morgan fingerprint density at radius 1 is 1.44 bits per heavy atom. The van der Waals surface area contributed by atoms with Gasteiger partial charge in [-0.15, -0.1) is 11.3 Å². The Morgan fingerprint density at radius 2 is 2.31 bits per heavy atom. The minimum absolute atomic E-state index is 0.618. The SMILES string of the molecule is CCNc1nccc(-c2ccc(C#N)s2)n1. The van der Waals surface area contributed by atoms with E-state index in [4.69, 9.17) is 5.26 Å². The van der Waals surface area contributed by atoms with Crippen LogP contribution in [-0.2, 0) is 0 Å². The van der Waals surface area contributed by atoms with Gasteiger partial charge in [0.05, 0.1) is 10.6 Å². The van der Waals surface area contributed by atoms with Crippen molar-refractivity contribution < 1.29 is 0 Å². The van der Waals surface area contributed by atoms with Gasteiger partial charge in [-0.05, 0) is 25.1 Å². The zero-order valence-electron chi connectivity index (χ0n) is 8.77. The van der Waals surface area contributed by atoms with Crippen molar-refractivity contribution in [1.82, 2.24) is 9.97 Å². The maximum absolute atomic E-state index is 8.75. The third kappa shape index (κ3) is 2.18. The summed E-state index contributed by atoms with van der Waals surface area (Å²) in [5.74, 6) is 0.618. The van der Waals surface area contributed by atoms with Gasteiger partial charge in [0, 0.05) is 12.7 Å². The van der Waals surface area contributed by atoms with Crippen molar-refractivity contribution in [2.45, 2.75) is 6.92 Å². The highest BCUT2D eigenvalue weighted by Crippen LogP contribution is 2.26. The fourth-order valence-electron chi connectivity index (χ4n) is 1.27. The number of nitriles is 1. The monoisotopic (exact) mass is 230 g/mol. The number of hydrogen-bond acceptors (Lipinski definition) is 5. The van der Waals surface area contributed by atoms with Crippen LogP contribution in [0, 0.1) is 11.3 Å². The molecule has 0 saturated carbocycles. The first-order valence-electron chi connectivity index (χ1n) is 4.90. The van der Waals surface area contributed by atoms with E-state index < -0.39 is 0 Å². The summed E-state index contributed by atoms with van der Waals surface area (Å²) < 4.78 is 0. The van der Waals surface area contributed by atoms with Crippen LogP contribution in [-0.4, -0.2) is 16.5 Å². The highest BCUT2D eigenvalue weighted by atomic mass is 32.1. The fraction of sp³-hybridized carbons (Fsp3) is 0.182. The van der Waals surface area contributed by atoms with Crippen molar-refractivity contribution >= 4 is 17.3 Å². The summed E-state index contributed by atoms with van der Waals surface area (Å²) in [4.78, 5) is 10.1. The van der Waals surface area contributed by atoms with Gasteiger partial charge in [0.15, 0.2) is 0 Å². The lowest BCUT2D eigenvalue weighted by Gasteiger charge is -2.02. The lowest BCUT2D eigenvalue weighted by molar-refractivity contribution is 1.09. The number of nitrogens with one attached hydrogen (secondary N) is 1. The normalized spacial score (nSPS) is 9.75. The first-order valence-corrected chi connectivity index (χ1v) is 5.72. The molecule has 0 bridgehead atoms. The predicted octanol–water partition coefficient (Wildman–Crippen LogP) is 2.51. The molecule has 0 saturated heterocycles. The molecule has 0 aromatic carbocycles. The summed E-state index contributed by atoms with van der Waals surface area (Å²) in [6, 6.07) is 7.66. The van der Waals surface area contributed by atoms with Gasteiger partial charge in [0.1, 0.15) is 10.9 Å². The molecule has 2 aromatic heterocycles. The molecule has 16 heavy (non-hydrogen) atoms. The number of nitrogens with zero attached hydrogens (tertiary/aromatic N) is 3. The number of anilines is 1. The Hall–Kier alpha value is -1.93. The molecule has 2 heterocycles. The van der Waals surface area contributed by atoms with Crippen LogP contribution in [0.3, 0.4) is 0 Å². The van der Waals surface area contributed by atoms with Crippen molar-refractivity contribution in [3.63, 3.8) is 0 Å². The van der Waals surface area contributed by atoms with E-state index in [2.05, 4.69) is 21.4 Å². The predicted molar refractivity (Wildman–Crippen MR) is 64.2 cm³/mol. The molecule has 0 atom stereocenters. The summed E-state index contributed by atoms with van der Waals surface area (Å²) in [5.41, 5.74) is 0.845. The molecule has 0 spiro atoms. The van der Waals surface area contributed by atoms with Crippen molar-refractivity contribution in [3.05, 3.63) is 29.3 Å². The third-order valence-corrected chi connectivity index (χ3v) is 2.97. The number of hydrogen-bond donors (Lipinski definition) is 1. The van der Waals surface area contributed by atoms with Crippen LogP contribution in [0.25, 0.3) is 10.6 Å². The van der Waals surface area contributed by atoms with Gasteiger partial charge in [0.25, 0.3) is 0 Å². The van der Waals surface area contributed by atoms with Crippen molar-refractivity contribution in [2.75, 3.05) is 11.9 Å². The van der Waals surface area contributed by atoms with Gasteiger partial charge in [0.2, 0.25) is 5.95 Å². The molecular weight excluding hydrogens is 220 g/mol. The Morgan fingerprint density at radius 3 is 3.00 bits per heavy atom. The molecule has 0 radical (unpaired) electrons. The molecular formula is C11H10N4S. The summed E-state index contributed by atoms with van der Waals surface area (Å²) >= 11 is 1.43. The zero-order chi connectivity index (χ0) is 11.4. The van der Waals surface area contributed by atoms with Crippen LogP contribution in [0.4, 0.5) is 5.95 Å². The van der Waals surface area contributed by atoms with Gasteiger partial charge < -0.3 is 5.32 Å². The highest BCUT2D eigenvalue weighted by Gasteiger charge is 2.04. The lowest BCUT2D eigenvalue weighted by Crippen LogP contribution is -2.01. The maximum atomic E-state index is 8.75. The molecule has 2 aromatic rings. The molecule has 0 aliphatic rings. The molecule has 4 nitrogen and oxygen atoms in total. The van der Waals surface area contributed by atoms with Crippen LogP contribution in [0.1, 0.15) is 11.8 Å². The molecule has 0 amide bonds. The Bertz CT molecular complexity index is 527. The van der Waals surface area contributed by atoms with Gasteiger partial charge in [-0.3, -0.25) is 0 Å². The summed E-state index contributed by atoms with van der Waals surface area (Å²) in [7, 11) is 0. The smallest absolute Gasteiger partial charge is 0.223 e. The fourth-order valence-corrected chi connectivity index (χ4v) is 2.05. The van der Waals surface area contributed by atoms with Crippen LogP contribution in [0.5, 0.6) is 0 Å². The summed E-state index contributed by atoms with van der Waals surface area (Å²) in [6.45, 7) is 2.78. The first kappa shape index (κ1) is 10.6. The second-order valence-electron chi connectivity index (χ2n) is 3.07. The van der Waals surface area contributed by atoms with Crippen molar-refractivity contribution in [3.8, 4) is 16.6 Å². The quantitative estimate of drug-likeness (QED) is 0.880. The largest absolute Gasteiger partial charge is 0.354 e. The minimum Gasteiger partial charge on any atom is -0.354 e. The second-order valence-corrected chi connectivity index (χ2v) is 4.16. The van der Waals surface area contributed by atoms with E-state index in [0.717, 1.165) is 17.1 Å². The van der Waals surface area contributed by atoms with E-state index >= 15 is 0 Å². The average molecular weight is 230 g/mol. The van der Waals surface area contributed by atoms with E-state index in [1.165, 1.54) is 11.3 Å². The molecule has 1 N–H and O–H groups in total. The number of rotatable bonds is 3. The average Bonchev–Trinajstić information content (AvgIpc) is 2.78. The van der Waals surface area contributed by atoms with Gasteiger partial charge in [-0.25, -0.2) is 9.97 Å². The molecule has 5 heteroatoms. The van der Waals surface area contributed by atoms with E-state index in [1.54, 1.807) is 12.3 Å². The lowest BCUT2D eigenvalue weighted by atomic mass is 10.3. The topological polar surface area (TPSA) is 61.6 Å². The number of thiophene rings is 1. The van der Waals surface area contributed by atoms with Crippen LogP contribution in [0.15, 0.2) is 24.4 Å². The van der Waals surface area contributed by atoms with E-state index in [-0.39, 0.29) is 0 Å². The summed E-state index contributed by atoms with van der Waals surface area (Å²) in [6.07, 6.45) is 1.71. The Kier molecular flexibility index (Phi) is 3.13. The Labute approximate surface area is 97.6 Å². The molecule has 2 rings (SSSR count). The maximum Gasteiger partial charge on any atom is 0.223 e. The van der Waals surface area contributed by atoms with Crippen LogP contribution in [0.2, 0.25) is 0 Å². The molecule has 0 aliphatic carbocycles. The molecule has 0 unspecified atom stereocenters. The van der Waals surface area contributed by atoms with Crippen LogP contribution < -0.4 is 5.32 Å². The van der Waals surface area contributed by atoms with E-state index in [0.29, 0.717) is 10.8 Å². The van der Waals surface area contributed by atoms with Crippen molar-refractivity contribution in [2.24, 2.45) is 0 Å². The van der Waals surface area contributed by atoms with Crippen molar-refractivity contribution in [1.29, 1.82) is 5.26 Å². The van der Waals surface area contributed by atoms with Gasteiger partial charge >= 0.3 is 0 Å². The third-order valence-electron chi connectivity index (χ3n) is 1.96. The molecule has 80 valence electrons. The summed E-state index contributed by atoms with van der Waals surface area (Å²) in [5, 5.41) is 11.8. The van der Waals surface area contributed by atoms with E-state index in [9.17, 15) is 0 Å². The first-order chi connectivity index (χ1) is 7.83. The van der Waals surface area contributed by atoms with Gasteiger partial charge in [-0.2, -0.15) is 5.26 Å². The zero-order valence-corrected chi connectivity index (χ0v) is 9.58. The second kappa shape index (κ2) is 4.73. The minimum atomic E-state index is 0.618. The number of aromatic nitrogens is 2. The Balaban J connectivity index is 2.33. The van der Waals surface area contributed by atoms with Crippen LogP contribution >= 0.6 is 11.3 Å². The molecule has 0 fully saturated rings.